The van der Waals surface area contributed by atoms with Crippen LogP contribution in [-0.4, -0.2) is 25.1 Å². The number of thiazole rings is 1. The van der Waals surface area contributed by atoms with E-state index in [2.05, 4.69) is 10.3 Å². The summed E-state index contributed by atoms with van der Waals surface area (Å²) in [6.07, 6.45) is 3.12. The lowest BCUT2D eigenvalue weighted by atomic mass is 10.2. The quantitative estimate of drug-likeness (QED) is 0.498. The van der Waals surface area contributed by atoms with Gasteiger partial charge in [-0.2, -0.15) is 0 Å². The molecular formula is C20H16Cl2N2O3S. The van der Waals surface area contributed by atoms with Crippen molar-refractivity contribution in [3.63, 3.8) is 0 Å². The maximum atomic E-state index is 12.2. The summed E-state index contributed by atoms with van der Waals surface area (Å²) >= 11 is 13.3. The second kappa shape index (κ2) is 9.10. The third-order valence-electron chi connectivity index (χ3n) is 3.78. The number of nitrogens with one attached hydrogen (secondary N) is 1. The standard InChI is InChI=1S/C20H16Cl2N2O3S/c1-26-17-7-3-12(9-18(17)27-2)4-8-19(25)24-20-23-16(11-28-20)13-5-6-14(21)15(22)10-13/h3-11H,1-2H3,(H,23,24,25)/b8-4+. The number of carbonyl (C=O) groups excluding carboxylic acids is 1. The van der Waals surface area contributed by atoms with Crippen molar-refractivity contribution in [2.75, 3.05) is 19.5 Å². The van der Waals surface area contributed by atoms with Crippen molar-refractivity contribution in [3.05, 3.63) is 63.5 Å². The van der Waals surface area contributed by atoms with Crippen LogP contribution >= 0.6 is 34.5 Å². The van der Waals surface area contributed by atoms with E-state index in [1.165, 1.54) is 17.4 Å². The molecule has 0 fully saturated rings. The third kappa shape index (κ3) is 4.84. The van der Waals surface area contributed by atoms with Crippen molar-refractivity contribution >= 4 is 51.7 Å². The van der Waals surface area contributed by atoms with Gasteiger partial charge in [0.2, 0.25) is 5.91 Å². The number of carbonyl (C=O) groups is 1. The van der Waals surface area contributed by atoms with Gasteiger partial charge in [-0.1, -0.05) is 35.3 Å². The molecule has 3 aromatic rings. The molecule has 1 amide bonds. The fourth-order valence-corrected chi connectivity index (χ4v) is 3.42. The minimum absolute atomic E-state index is 0.287. The van der Waals surface area contributed by atoms with Gasteiger partial charge in [-0.25, -0.2) is 4.98 Å². The summed E-state index contributed by atoms with van der Waals surface area (Å²) in [5.41, 5.74) is 2.35. The van der Waals surface area contributed by atoms with Crippen molar-refractivity contribution in [3.8, 4) is 22.8 Å². The van der Waals surface area contributed by atoms with Gasteiger partial charge in [0.05, 0.1) is 30.0 Å². The van der Waals surface area contributed by atoms with Gasteiger partial charge in [0, 0.05) is 17.0 Å². The molecule has 0 spiro atoms. The number of anilines is 1. The normalized spacial score (nSPS) is 10.9. The lowest BCUT2D eigenvalue weighted by molar-refractivity contribution is -0.111. The van der Waals surface area contributed by atoms with E-state index in [-0.39, 0.29) is 5.91 Å². The van der Waals surface area contributed by atoms with Crippen LogP contribution in [0.4, 0.5) is 5.13 Å². The van der Waals surface area contributed by atoms with Crippen LogP contribution in [0.15, 0.2) is 47.9 Å². The van der Waals surface area contributed by atoms with Crippen LogP contribution in [0.2, 0.25) is 10.0 Å². The Morgan fingerprint density at radius 1 is 1.07 bits per heavy atom. The van der Waals surface area contributed by atoms with E-state index in [9.17, 15) is 4.79 Å². The Morgan fingerprint density at radius 3 is 2.57 bits per heavy atom. The van der Waals surface area contributed by atoms with E-state index in [1.807, 2.05) is 17.5 Å². The molecule has 0 atom stereocenters. The summed E-state index contributed by atoms with van der Waals surface area (Å²) in [6.45, 7) is 0. The van der Waals surface area contributed by atoms with Gasteiger partial charge in [-0.3, -0.25) is 10.1 Å². The summed E-state index contributed by atoms with van der Waals surface area (Å²) < 4.78 is 10.5. The first-order valence-corrected chi connectivity index (χ1v) is 9.75. The molecule has 1 aromatic heterocycles. The highest BCUT2D eigenvalue weighted by atomic mass is 35.5. The van der Waals surface area contributed by atoms with E-state index in [1.54, 1.807) is 44.6 Å². The highest BCUT2D eigenvalue weighted by Crippen LogP contribution is 2.31. The molecule has 5 nitrogen and oxygen atoms in total. The molecule has 0 aliphatic rings. The minimum atomic E-state index is -0.287. The summed E-state index contributed by atoms with van der Waals surface area (Å²) in [7, 11) is 3.13. The fraction of sp³-hybridized carbons (Fsp3) is 0.100. The number of amides is 1. The second-order valence-electron chi connectivity index (χ2n) is 5.60. The molecule has 28 heavy (non-hydrogen) atoms. The number of ether oxygens (including phenoxy) is 2. The minimum Gasteiger partial charge on any atom is -0.493 e. The molecule has 1 heterocycles. The molecule has 0 saturated heterocycles. The molecule has 3 rings (SSSR count). The predicted molar refractivity (Wildman–Crippen MR) is 115 cm³/mol. The number of methoxy groups -OCH3 is 2. The zero-order chi connectivity index (χ0) is 20.1. The Kier molecular flexibility index (Phi) is 6.57. The topological polar surface area (TPSA) is 60.5 Å². The maximum Gasteiger partial charge on any atom is 0.250 e. The highest BCUT2D eigenvalue weighted by Gasteiger charge is 2.09. The first-order chi connectivity index (χ1) is 13.5. The number of rotatable bonds is 6. The predicted octanol–water partition coefficient (Wildman–Crippen LogP) is 5.79. The van der Waals surface area contributed by atoms with Crippen LogP contribution in [0, 0.1) is 0 Å². The van der Waals surface area contributed by atoms with Gasteiger partial charge in [0.25, 0.3) is 0 Å². The number of nitrogens with zero attached hydrogens (tertiary/aromatic N) is 1. The van der Waals surface area contributed by atoms with Gasteiger partial charge in [-0.05, 0) is 35.9 Å². The second-order valence-corrected chi connectivity index (χ2v) is 7.28. The number of aromatic nitrogens is 1. The molecule has 0 saturated carbocycles. The van der Waals surface area contributed by atoms with E-state index < -0.39 is 0 Å². The SMILES string of the molecule is COc1ccc(/C=C/C(=O)Nc2nc(-c3ccc(Cl)c(Cl)c3)cs2)cc1OC. The van der Waals surface area contributed by atoms with Gasteiger partial charge in [0.15, 0.2) is 16.6 Å². The van der Waals surface area contributed by atoms with Crippen molar-refractivity contribution < 1.29 is 14.3 Å². The molecule has 0 aliphatic heterocycles. The van der Waals surface area contributed by atoms with Crippen LogP contribution in [0.5, 0.6) is 11.5 Å². The summed E-state index contributed by atoms with van der Waals surface area (Å²) in [4.78, 5) is 16.6. The van der Waals surface area contributed by atoms with Gasteiger partial charge >= 0.3 is 0 Å². The lowest BCUT2D eigenvalue weighted by Gasteiger charge is -2.07. The van der Waals surface area contributed by atoms with Crippen molar-refractivity contribution in [2.24, 2.45) is 0 Å². The number of hydrogen-bond donors (Lipinski definition) is 1. The number of benzene rings is 2. The molecule has 0 radical (unpaired) electrons. The Balaban J connectivity index is 1.67. The lowest BCUT2D eigenvalue weighted by Crippen LogP contribution is -2.07. The van der Waals surface area contributed by atoms with Crippen molar-refractivity contribution in [1.82, 2.24) is 4.98 Å². The summed E-state index contributed by atoms with van der Waals surface area (Å²) in [5.74, 6) is 0.933. The highest BCUT2D eigenvalue weighted by molar-refractivity contribution is 7.14. The average Bonchev–Trinajstić information content (AvgIpc) is 3.16. The number of hydrogen-bond acceptors (Lipinski definition) is 5. The van der Waals surface area contributed by atoms with Crippen molar-refractivity contribution in [1.29, 1.82) is 0 Å². The molecule has 8 heteroatoms. The molecular weight excluding hydrogens is 419 g/mol. The smallest absolute Gasteiger partial charge is 0.250 e. The first kappa shape index (κ1) is 20.2. The Bertz CT molecular complexity index is 1030. The maximum absolute atomic E-state index is 12.2. The molecule has 2 aromatic carbocycles. The first-order valence-electron chi connectivity index (χ1n) is 8.12. The van der Waals surface area contributed by atoms with E-state index >= 15 is 0 Å². The fourth-order valence-electron chi connectivity index (χ4n) is 2.39. The zero-order valence-corrected chi connectivity index (χ0v) is 17.4. The molecule has 0 aliphatic carbocycles. The van der Waals surface area contributed by atoms with Crippen LogP contribution in [0.25, 0.3) is 17.3 Å². The van der Waals surface area contributed by atoms with Gasteiger partial charge in [0.1, 0.15) is 0 Å². The molecule has 1 N–H and O–H groups in total. The van der Waals surface area contributed by atoms with Crippen LogP contribution in [0.3, 0.4) is 0 Å². The van der Waals surface area contributed by atoms with Crippen molar-refractivity contribution in [2.45, 2.75) is 0 Å². The molecule has 0 unspecified atom stereocenters. The molecule has 0 bridgehead atoms. The Hall–Kier alpha value is -2.54. The van der Waals surface area contributed by atoms with Gasteiger partial charge in [-0.15, -0.1) is 11.3 Å². The van der Waals surface area contributed by atoms with Crippen LogP contribution in [0.1, 0.15) is 5.56 Å². The van der Waals surface area contributed by atoms with Crippen LogP contribution in [-0.2, 0) is 4.79 Å². The van der Waals surface area contributed by atoms with Gasteiger partial charge < -0.3 is 9.47 Å². The van der Waals surface area contributed by atoms with E-state index in [4.69, 9.17) is 32.7 Å². The summed E-state index contributed by atoms with van der Waals surface area (Å²) in [5, 5.41) is 6.01. The number of halogens is 2. The average molecular weight is 435 g/mol. The third-order valence-corrected chi connectivity index (χ3v) is 5.28. The Morgan fingerprint density at radius 2 is 1.86 bits per heavy atom. The largest absolute Gasteiger partial charge is 0.493 e. The Labute approximate surface area is 176 Å². The summed E-state index contributed by atoms with van der Waals surface area (Å²) in [6, 6.07) is 10.7. The monoisotopic (exact) mass is 434 g/mol. The zero-order valence-electron chi connectivity index (χ0n) is 15.0. The van der Waals surface area contributed by atoms with Crippen LogP contribution < -0.4 is 14.8 Å². The van der Waals surface area contributed by atoms with E-state index in [0.29, 0.717) is 32.4 Å². The van der Waals surface area contributed by atoms with E-state index in [0.717, 1.165) is 11.1 Å². The molecule has 144 valence electrons.